The average molecular weight is 378 g/mol. The molecular weight excluding hydrogens is 359 g/mol. The topological polar surface area (TPSA) is 49.4 Å². The van der Waals surface area contributed by atoms with Gasteiger partial charge in [-0.15, -0.1) is 11.6 Å². The number of likely N-dealkylation sites (tertiary alicyclic amines) is 1. The molecule has 0 bridgehead atoms. The van der Waals surface area contributed by atoms with E-state index in [1.807, 2.05) is 0 Å². The van der Waals surface area contributed by atoms with Crippen molar-refractivity contribution in [3.8, 4) is 0 Å². The van der Waals surface area contributed by atoms with E-state index in [1.54, 1.807) is 23.1 Å². The third kappa shape index (κ3) is 5.27. The summed E-state index contributed by atoms with van der Waals surface area (Å²) in [6.07, 6.45) is 2.59. The van der Waals surface area contributed by atoms with Crippen molar-refractivity contribution >= 4 is 46.6 Å². The van der Waals surface area contributed by atoms with Crippen molar-refractivity contribution in [3.63, 3.8) is 0 Å². The number of hydrogen-bond donors (Lipinski definition) is 1. The van der Waals surface area contributed by atoms with E-state index in [0.717, 1.165) is 12.8 Å². The Morgan fingerprint density at radius 1 is 1.22 bits per heavy atom. The van der Waals surface area contributed by atoms with Crippen LogP contribution in [0.4, 0.5) is 0 Å². The maximum Gasteiger partial charge on any atom is 0.255 e. The molecule has 1 N–H and O–H groups in total. The zero-order valence-corrected chi connectivity index (χ0v) is 14.9. The van der Waals surface area contributed by atoms with Gasteiger partial charge in [0.1, 0.15) is 0 Å². The van der Waals surface area contributed by atoms with Gasteiger partial charge in [0.25, 0.3) is 5.91 Å². The van der Waals surface area contributed by atoms with Crippen molar-refractivity contribution < 1.29 is 9.59 Å². The molecule has 1 heterocycles. The molecule has 2 rings (SSSR count). The van der Waals surface area contributed by atoms with Gasteiger partial charge in [-0.25, -0.2) is 0 Å². The van der Waals surface area contributed by atoms with Crippen LogP contribution in [0.3, 0.4) is 0 Å². The van der Waals surface area contributed by atoms with Gasteiger partial charge in [0.05, 0.1) is 10.6 Å². The second-order valence-corrected chi connectivity index (χ2v) is 6.77. The minimum Gasteiger partial charge on any atom is -0.353 e. The Bertz CT molecular complexity index is 572. The van der Waals surface area contributed by atoms with Gasteiger partial charge in [-0.05, 0) is 37.5 Å². The Kier molecular flexibility index (Phi) is 7.00. The van der Waals surface area contributed by atoms with Crippen molar-refractivity contribution in [1.29, 1.82) is 0 Å². The molecule has 23 heavy (non-hydrogen) atoms. The fraction of sp³-hybridized carbons (Fsp3) is 0.500. The van der Waals surface area contributed by atoms with E-state index in [1.165, 1.54) is 0 Å². The van der Waals surface area contributed by atoms with Gasteiger partial charge in [-0.3, -0.25) is 9.59 Å². The summed E-state index contributed by atoms with van der Waals surface area (Å²) < 4.78 is 0. The summed E-state index contributed by atoms with van der Waals surface area (Å²) in [7, 11) is 0. The van der Waals surface area contributed by atoms with E-state index in [4.69, 9.17) is 34.8 Å². The zero-order valence-electron chi connectivity index (χ0n) is 12.7. The van der Waals surface area contributed by atoms with Crippen LogP contribution in [0.25, 0.3) is 0 Å². The number of carbonyl (C=O) groups is 2. The summed E-state index contributed by atoms with van der Waals surface area (Å²) in [6.45, 7) is 1.17. The van der Waals surface area contributed by atoms with Crippen LogP contribution in [0.5, 0.6) is 0 Å². The van der Waals surface area contributed by atoms with Crippen LogP contribution in [-0.4, -0.2) is 41.7 Å². The van der Waals surface area contributed by atoms with Gasteiger partial charge in [-0.1, -0.05) is 23.2 Å². The lowest BCUT2D eigenvalue weighted by molar-refractivity contribution is -0.122. The Labute approximate surface area is 151 Å². The SMILES string of the molecule is O=C(CCCCl)NC1CCN(C(=O)c2cc(Cl)ccc2Cl)CC1. The Balaban J connectivity index is 1.87. The fourth-order valence-electron chi connectivity index (χ4n) is 2.59. The first-order chi connectivity index (χ1) is 11.0. The minimum atomic E-state index is -0.121. The molecule has 0 atom stereocenters. The summed E-state index contributed by atoms with van der Waals surface area (Å²) in [6, 6.07) is 4.98. The van der Waals surface area contributed by atoms with Gasteiger partial charge >= 0.3 is 0 Å². The molecule has 0 unspecified atom stereocenters. The molecular formula is C16H19Cl3N2O2. The number of carbonyl (C=O) groups excluding carboxylic acids is 2. The first-order valence-electron chi connectivity index (χ1n) is 7.61. The molecule has 1 aromatic carbocycles. The Hall–Kier alpha value is -0.970. The van der Waals surface area contributed by atoms with E-state index in [9.17, 15) is 9.59 Å². The number of halogens is 3. The second-order valence-electron chi connectivity index (χ2n) is 5.55. The van der Waals surface area contributed by atoms with E-state index >= 15 is 0 Å². The van der Waals surface area contributed by atoms with Crippen LogP contribution in [-0.2, 0) is 4.79 Å². The Morgan fingerprint density at radius 3 is 2.57 bits per heavy atom. The number of piperidine rings is 1. The van der Waals surface area contributed by atoms with E-state index in [0.29, 0.717) is 47.4 Å². The lowest BCUT2D eigenvalue weighted by atomic mass is 10.0. The molecule has 2 amide bonds. The van der Waals surface area contributed by atoms with Crippen molar-refractivity contribution in [2.75, 3.05) is 19.0 Å². The smallest absolute Gasteiger partial charge is 0.255 e. The van der Waals surface area contributed by atoms with Gasteiger partial charge < -0.3 is 10.2 Å². The van der Waals surface area contributed by atoms with Crippen LogP contribution < -0.4 is 5.32 Å². The predicted octanol–water partition coefficient (Wildman–Crippen LogP) is 3.73. The van der Waals surface area contributed by atoms with Crippen LogP contribution in [0, 0.1) is 0 Å². The number of amides is 2. The van der Waals surface area contributed by atoms with Crippen molar-refractivity contribution in [2.24, 2.45) is 0 Å². The third-order valence-corrected chi connectivity index (χ3v) is 4.68. The summed E-state index contributed by atoms with van der Waals surface area (Å²) in [5, 5.41) is 3.88. The number of benzene rings is 1. The summed E-state index contributed by atoms with van der Waals surface area (Å²) in [4.78, 5) is 26.0. The Morgan fingerprint density at radius 2 is 1.91 bits per heavy atom. The lowest BCUT2D eigenvalue weighted by Crippen LogP contribution is -2.46. The van der Waals surface area contributed by atoms with Gasteiger partial charge in [0, 0.05) is 36.5 Å². The highest BCUT2D eigenvalue weighted by atomic mass is 35.5. The summed E-state index contributed by atoms with van der Waals surface area (Å²) >= 11 is 17.6. The summed E-state index contributed by atoms with van der Waals surface area (Å²) in [5.41, 5.74) is 0.420. The molecule has 1 aromatic rings. The number of alkyl halides is 1. The molecule has 1 aliphatic rings. The van der Waals surface area contributed by atoms with Crippen LogP contribution in [0.1, 0.15) is 36.0 Å². The molecule has 0 aromatic heterocycles. The molecule has 0 spiro atoms. The maximum absolute atomic E-state index is 12.5. The molecule has 1 aliphatic heterocycles. The highest BCUT2D eigenvalue weighted by Gasteiger charge is 2.25. The quantitative estimate of drug-likeness (QED) is 0.795. The van der Waals surface area contributed by atoms with E-state index < -0.39 is 0 Å². The molecule has 126 valence electrons. The normalized spacial score (nSPS) is 15.5. The van der Waals surface area contributed by atoms with Crippen LogP contribution >= 0.6 is 34.8 Å². The predicted molar refractivity (Wildman–Crippen MR) is 93.5 cm³/mol. The highest BCUT2D eigenvalue weighted by Crippen LogP contribution is 2.23. The largest absolute Gasteiger partial charge is 0.353 e. The number of rotatable bonds is 5. The van der Waals surface area contributed by atoms with Gasteiger partial charge in [-0.2, -0.15) is 0 Å². The molecule has 0 radical (unpaired) electrons. The molecule has 7 heteroatoms. The first kappa shape index (κ1) is 18.4. The van der Waals surface area contributed by atoms with Gasteiger partial charge in [0.15, 0.2) is 0 Å². The summed E-state index contributed by atoms with van der Waals surface area (Å²) in [5.74, 6) is 0.388. The van der Waals surface area contributed by atoms with Gasteiger partial charge in [0.2, 0.25) is 5.91 Å². The molecule has 0 saturated carbocycles. The highest BCUT2D eigenvalue weighted by molar-refractivity contribution is 6.35. The molecule has 4 nitrogen and oxygen atoms in total. The van der Waals surface area contributed by atoms with Crippen molar-refractivity contribution in [1.82, 2.24) is 10.2 Å². The maximum atomic E-state index is 12.5. The average Bonchev–Trinajstić information content (AvgIpc) is 2.55. The van der Waals surface area contributed by atoms with Crippen molar-refractivity contribution in [3.05, 3.63) is 33.8 Å². The number of nitrogens with zero attached hydrogens (tertiary/aromatic N) is 1. The lowest BCUT2D eigenvalue weighted by Gasteiger charge is -2.32. The van der Waals surface area contributed by atoms with E-state index in [2.05, 4.69) is 5.32 Å². The molecule has 0 aliphatic carbocycles. The molecule has 1 fully saturated rings. The minimum absolute atomic E-state index is 0.0216. The fourth-order valence-corrected chi connectivity index (χ4v) is 3.09. The first-order valence-corrected chi connectivity index (χ1v) is 8.90. The second kappa shape index (κ2) is 8.76. The monoisotopic (exact) mass is 376 g/mol. The van der Waals surface area contributed by atoms with E-state index in [-0.39, 0.29) is 17.9 Å². The van der Waals surface area contributed by atoms with Crippen molar-refractivity contribution in [2.45, 2.75) is 31.7 Å². The third-order valence-electron chi connectivity index (χ3n) is 3.84. The number of nitrogens with one attached hydrogen (secondary N) is 1. The molecule has 1 saturated heterocycles. The number of hydrogen-bond acceptors (Lipinski definition) is 2. The standard InChI is InChI=1S/C16H19Cl3N2O2/c17-7-1-2-15(22)20-12-5-8-21(9-6-12)16(23)13-10-11(18)3-4-14(13)19/h3-4,10,12H,1-2,5-9H2,(H,20,22). The van der Waals surface area contributed by atoms with Crippen LogP contribution in [0.2, 0.25) is 10.0 Å². The zero-order chi connectivity index (χ0) is 16.8. The van der Waals surface area contributed by atoms with Crippen LogP contribution in [0.15, 0.2) is 18.2 Å².